The Hall–Kier alpha value is -5.76. The Morgan fingerprint density at radius 1 is 0.485 bits per heavy atom. The van der Waals surface area contributed by atoms with Gasteiger partial charge in [0, 0.05) is 41.2 Å². The molecule has 1 aromatic heterocycles. The second-order valence-electron chi connectivity index (χ2n) is 15.1. The molecule has 6 rings (SSSR count). The number of H-pyrrole nitrogens is 1. The van der Waals surface area contributed by atoms with Gasteiger partial charge in [-0.1, -0.05) is 42.5 Å². The number of benzene rings is 4. The Balaban J connectivity index is 0.982. The van der Waals surface area contributed by atoms with Gasteiger partial charge in [-0.2, -0.15) is 0 Å². The zero-order valence-electron chi connectivity index (χ0n) is 38.6. The maximum Gasteiger partial charge on any atom is 0.329 e. The number of amides is 1. The number of para-hydroxylation sites is 1. The van der Waals surface area contributed by atoms with E-state index in [0.29, 0.717) is 153 Å². The molecule has 4 aromatic carbocycles. The molecular formula is C51H64N2O15. The predicted molar refractivity (Wildman–Crippen MR) is 251 cm³/mol. The maximum absolute atomic E-state index is 13.8. The van der Waals surface area contributed by atoms with E-state index < -0.39 is 12.0 Å². The minimum atomic E-state index is -0.974. The van der Waals surface area contributed by atoms with Crippen LogP contribution in [0.2, 0.25) is 0 Å². The van der Waals surface area contributed by atoms with Crippen molar-refractivity contribution in [1.29, 1.82) is 0 Å². The summed E-state index contributed by atoms with van der Waals surface area (Å²) in [6.45, 7) is 7.62. The van der Waals surface area contributed by atoms with Gasteiger partial charge >= 0.3 is 5.97 Å². The lowest BCUT2D eigenvalue weighted by atomic mass is 10.0. The number of ether oxygens (including phenoxy) is 13. The summed E-state index contributed by atoms with van der Waals surface area (Å²) in [4.78, 5) is 30.3. The van der Waals surface area contributed by atoms with Crippen LogP contribution in [-0.2, 0) is 60.5 Å². The molecule has 1 atom stereocenters. The summed E-state index contributed by atoms with van der Waals surface area (Å²) in [5.74, 6) is 1.40. The Morgan fingerprint density at radius 2 is 0.912 bits per heavy atom. The average Bonchev–Trinajstić information content (AvgIpc) is 3.77. The number of rotatable bonds is 7. The van der Waals surface area contributed by atoms with E-state index in [1.807, 2.05) is 60.8 Å². The molecule has 1 amide bonds. The first-order chi connectivity index (χ1) is 33.6. The van der Waals surface area contributed by atoms with Crippen LogP contribution in [0, 0.1) is 0 Å². The van der Waals surface area contributed by atoms with E-state index in [2.05, 4.69) is 10.3 Å². The van der Waals surface area contributed by atoms with Crippen molar-refractivity contribution < 1.29 is 71.2 Å². The number of aromatic amines is 1. The summed E-state index contributed by atoms with van der Waals surface area (Å²) in [5, 5.41) is 3.85. The lowest BCUT2D eigenvalue weighted by Gasteiger charge is -2.18. The Morgan fingerprint density at radius 3 is 1.41 bits per heavy atom. The number of hydrogen-bond acceptors (Lipinski definition) is 15. The number of carbonyl (C=O) groups is 2. The number of aromatic nitrogens is 1. The molecule has 68 heavy (non-hydrogen) atoms. The van der Waals surface area contributed by atoms with Crippen molar-refractivity contribution in [2.24, 2.45) is 0 Å². The zero-order chi connectivity index (χ0) is 47.1. The third-order valence-electron chi connectivity index (χ3n) is 10.1. The predicted octanol–water partition coefficient (Wildman–Crippen LogP) is 5.61. The van der Waals surface area contributed by atoms with Crippen LogP contribution in [0.3, 0.4) is 0 Å². The van der Waals surface area contributed by atoms with Gasteiger partial charge in [0.25, 0.3) is 5.91 Å². The molecule has 0 radical (unpaired) electrons. The van der Waals surface area contributed by atoms with Crippen LogP contribution in [0.4, 0.5) is 0 Å². The van der Waals surface area contributed by atoms with Gasteiger partial charge in [-0.25, -0.2) is 4.79 Å². The molecule has 1 aliphatic heterocycles. The van der Waals surface area contributed by atoms with Crippen LogP contribution in [0.25, 0.3) is 10.9 Å². The number of nitrogens with one attached hydrogen (secondary N) is 2. The second kappa shape index (κ2) is 31.3. The first-order valence-electron chi connectivity index (χ1n) is 23.1. The van der Waals surface area contributed by atoms with Crippen molar-refractivity contribution in [3.05, 3.63) is 120 Å². The van der Waals surface area contributed by atoms with Crippen LogP contribution < -0.4 is 24.3 Å². The molecule has 4 bridgehead atoms. The summed E-state index contributed by atoms with van der Waals surface area (Å²) in [6.07, 6.45) is 2.06. The minimum Gasteiger partial charge on any atom is -0.491 e. The Kier molecular flexibility index (Phi) is 23.8. The SMILES string of the molecule is O=C(N[C@@H](Cc1c[nH]c2ccccc12)C(=O)OCc1cc2cc(c1)OCCOCCOCCOCCOCCOc1cccc(c1)OCCOCCOCCOCCOCCO2)c1ccccc1. The fraction of sp³-hybridized carbons (Fsp3) is 0.451. The molecule has 0 fully saturated rings. The van der Waals surface area contributed by atoms with Crippen molar-refractivity contribution in [2.75, 3.05) is 132 Å². The Bertz CT molecular complexity index is 2100. The van der Waals surface area contributed by atoms with Gasteiger partial charge in [0.2, 0.25) is 0 Å². The molecule has 5 aromatic rings. The molecule has 0 aliphatic carbocycles. The lowest BCUT2D eigenvalue weighted by molar-refractivity contribution is -0.147. The summed E-state index contributed by atoms with van der Waals surface area (Å²) < 4.78 is 74.7. The Labute approximate surface area is 397 Å². The summed E-state index contributed by atoms with van der Waals surface area (Å²) in [7, 11) is 0. The average molecular weight is 945 g/mol. The highest BCUT2D eigenvalue weighted by Gasteiger charge is 2.25. The molecule has 17 heteroatoms. The highest BCUT2D eigenvalue weighted by Crippen LogP contribution is 2.25. The first kappa shape index (κ1) is 51.6. The quantitative estimate of drug-likeness (QED) is 0.192. The van der Waals surface area contributed by atoms with Gasteiger partial charge in [-0.3, -0.25) is 4.79 Å². The first-order valence-corrected chi connectivity index (χ1v) is 23.1. The standard InChI is InChI=1S/C51H64N2O15/c54-50(41-7-2-1-3-8-41)53-49(35-42-38-52-48-12-5-4-11-47(42)48)51(55)68-39-40-33-45-37-46(34-40)67-32-28-63-24-20-59-16-14-57-18-22-61-26-30-65-44-10-6-9-43(36-44)64-29-25-60-21-17-56-13-15-58-19-23-62-27-31-66-45/h1-12,33-34,36-38,49,52H,13-32,35,39H2,(H,53,54)/t49-/m0/s1. The largest absolute Gasteiger partial charge is 0.491 e. The van der Waals surface area contributed by atoms with Crippen LogP contribution in [-0.4, -0.2) is 155 Å². The van der Waals surface area contributed by atoms with E-state index in [4.69, 9.17) is 61.6 Å². The molecule has 0 spiro atoms. The van der Waals surface area contributed by atoms with Crippen LogP contribution in [0.1, 0.15) is 21.5 Å². The highest BCUT2D eigenvalue weighted by atomic mass is 16.6. The topological polar surface area (TPSA) is 182 Å². The van der Waals surface area contributed by atoms with Gasteiger partial charge in [-0.15, -0.1) is 0 Å². The van der Waals surface area contributed by atoms with Crippen molar-refractivity contribution in [3.8, 4) is 23.0 Å². The number of carbonyl (C=O) groups excluding carboxylic acids is 2. The van der Waals surface area contributed by atoms with E-state index in [1.165, 1.54) is 0 Å². The van der Waals surface area contributed by atoms with Gasteiger partial charge in [0.1, 0.15) is 62.1 Å². The van der Waals surface area contributed by atoms with E-state index in [-0.39, 0.29) is 32.1 Å². The van der Waals surface area contributed by atoms with Gasteiger partial charge in [-0.05, 0) is 53.6 Å². The van der Waals surface area contributed by atoms with Crippen molar-refractivity contribution in [1.82, 2.24) is 10.3 Å². The van der Waals surface area contributed by atoms with E-state index in [1.54, 1.807) is 42.5 Å². The van der Waals surface area contributed by atoms with E-state index in [0.717, 1.165) is 16.5 Å². The molecule has 0 unspecified atom stereocenters. The molecule has 1 aliphatic rings. The fourth-order valence-corrected chi connectivity index (χ4v) is 6.73. The van der Waals surface area contributed by atoms with E-state index >= 15 is 0 Å². The van der Waals surface area contributed by atoms with Gasteiger partial charge in [0.05, 0.1) is 106 Å². The second-order valence-corrected chi connectivity index (χ2v) is 15.1. The highest BCUT2D eigenvalue weighted by molar-refractivity contribution is 5.97. The number of fused-ring (bicyclic) bond motifs is 5. The molecule has 368 valence electrons. The van der Waals surface area contributed by atoms with Crippen LogP contribution in [0.15, 0.2) is 103 Å². The molecule has 0 saturated carbocycles. The monoisotopic (exact) mass is 944 g/mol. The van der Waals surface area contributed by atoms with Crippen molar-refractivity contribution in [2.45, 2.75) is 19.1 Å². The smallest absolute Gasteiger partial charge is 0.329 e. The lowest BCUT2D eigenvalue weighted by Crippen LogP contribution is -2.43. The van der Waals surface area contributed by atoms with Crippen LogP contribution in [0.5, 0.6) is 23.0 Å². The molecular weight excluding hydrogens is 881 g/mol. The summed E-state index contributed by atoms with van der Waals surface area (Å²) >= 11 is 0. The van der Waals surface area contributed by atoms with Crippen molar-refractivity contribution in [3.63, 3.8) is 0 Å². The zero-order valence-corrected chi connectivity index (χ0v) is 38.6. The third-order valence-corrected chi connectivity index (χ3v) is 10.1. The van der Waals surface area contributed by atoms with E-state index in [9.17, 15) is 9.59 Å². The number of hydrogen-bond donors (Lipinski definition) is 2. The third kappa shape index (κ3) is 19.8. The normalized spacial score (nSPS) is 17.3. The molecule has 17 nitrogen and oxygen atoms in total. The fourth-order valence-electron chi connectivity index (χ4n) is 6.73. The van der Waals surface area contributed by atoms with Gasteiger partial charge < -0.3 is 71.9 Å². The molecule has 2 N–H and O–H groups in total. The molecule has 0 saturated heterocycles. The van der Waals surface area contributed by atoms with Crippen molar-refractivity contribution >= 4 is 22.8 Å². The summed E-state index contributed by atoms with van der Waals surface area (Å²) in [5.41, 5.74) is 2.85. The van der Waals surface area contributed by atoms with Crippen LogP contribution >= 0.6 is 0 Å². The summed E-state index contributed by atoms with van der Waals surface area (Å²) in [6, 6.07) is 28.3. The maximum atomic E-state index is 13.8. The molecule has 2 heterocycles. The minimum absolute atomic E-state index is 0.105. The number of esters is 1. The van der Waals surface area contributed by atoms with Gasteiger partial charge in [0.15, 0.2) is 0 Å².